The highest BCUT2D eigenvalue weighted by Gasteiger charge is 2.18. The minimum atomic E-state index is -0.329. The summed E-state index contributed by atoms with van der Waals surface area (Å²) in [6.07, 6.45) is 4.66. The SMILES string of the molecule is COc1cc(NC2CCCCc3ccccc32)ccc1F. The van der Waals surface area contributed by atoms with Gasteiger partial charge in [-0.2, -0.15) is 0 Å². The van der Waals surface area contributed by atoms with Crippen molar-refractivity contribution in [3.63, 3.8) is 0 Å². The van der Waals surface area contributed by atoms with Crippen molar-refractivity contribution in [3.05, 3.63) is 59.4 Å². The molecule has 0 aromatic heterocycles. The van der Waals surface area contributed by atoms with Crippen molar-refractivity contribution in [2.45, 2.75) is 31.7 Å². The van der Waals surface area contributed by atoms with Gasteiger partial charge in [-0.05, 0) is 42.5 Å². The second-order valence-electron chi connectivity index (χ2n) is 5.49. The molecule has 2 aromatic rings. The van der Waals surface area contributed by atoms with E-state index in [1.54, 1.807) is 12.1 Å². The van der Waals surface area contributed by atoms with E-state index < -0.39 is 0 Å². The fourth-order valence-electron chi connectivity index (χ4n) is 3.02. The molecule has 110 valence electrons. The van der Waals surface area contributed by atoms with E-state index in [0.717, 1.165) is 18.5 Å². The van der Waals surface area contributed by atoms with E-state index in [0.29, 0.717) is 0 Å². The maximum Gasteiger partial charge on any atom is 0.165 e. The molecular formula is C18H20FNO. The molecule has 2 nitrogen and oxygen atoms in total. The van der Waals surface area contributed by atoms with E-state index in [9.17, 15) is 4.39 Å². The van der Waals surface area contributed by atoms with Crippen molar-refractivity contribution in [2.24, 2.45) is 0 Å². The van der Waals surface area contributed by atoms with Crippen LogP contribution in [-0.4, -0.2) is 7.11 Å². The third-order valence-electron chi connectivity index (χ3n) is 4.11. The number of fused-ring (bicyclic) bond motifs is 1. The minimum absolute atomic E-state index is 0.277. The molecule has 1 N–H and O–H groups in total. The number of rotatable bonds is 3. The number of hydrogen-bond acceptors (Lipinski definition) is 2. The summed E-state index contributed by atoms with van der Waals surface area (Å²) in [7, 11) is 1.49. The van der Waals surface area contributed by atoms with Crippen LogP contribution in [0.4, 0.5) is 10.1 Å². The average molecular weight is 285 g/mol. The first-order chi connectivity index (χ1) is 10.3. The van der Waals surface area contributed by atoms with Crippen LogP contribution in [0.2, 0.25) is 0 Å². The van der Waals surface area contributed by atoms with E-state index in [1.165, 1.54) is 37.1 Å². The van der Waals surface area contributed by atoms with Crippen LogP contribution in [0.25, 0.3) is 0 Å². The second-order valence-corrected chi connectivity index (χ2v) is 5.49. The van der Waals surface area contributed by atoms with Crippen LogP contribution in [0.1, 0.15) is 36.4 Å². The van der Waals surface area contributed by atoms with Crippen LogP contribution in [0.5, 0.6) is 5.75 Å². The molecule has 0 aliphatic heterocycles. The van der Waals surface area contributed by atoms with Gasteiger partial charge in [-0.1, -0.05) is 30.7 Å². The Kier molecular flexibility index (Phi) is 4.09. The molecule has 1 unspecified atom stereocenters. The first-order valence-corrected chi connectivity index (χ1v) is 7.46. The molecule has 3 heteroatoms. The summed E-state index contributed by atoms with van der Waals surface area (Å²) in [5.41, 5.74) is 3.68. The van der Waals surface area contributed by atoms with Crippen LogP contribution in [0.3, 0.4) is 0 Å². The van der Waals surface area contributed by atoms with Gasteiger partial charge < -0.3 is 10.1 Å². The predicted molar refractivity (Wildman–Crippen MR) is 83.3 cm³/mol. The van der Waals surface area contributed by atoms with E-state index in [1.807, 2.05) is 0 Å². The van der Waals surface area contributed by atoms with Gasteiger partial charge in [0.1, 0.15) is 0 Å². The van der Waals surface area contributed by atoms with Gasteiger partial charge in [0.05, 0.1) is 13.2 Å². The number of benzene rings is 2. The highest BCUT2D eigenvalue weighted by molar-refractivity contribution is 5.51. The molecule has 1 atom stereocenters. The van der Waals surface area contributed by atoms with E-state index in [4.69, 9.17) is 4.74 Å². The first kappa shape index (κ1) is 13.9. The number of methoxy groups -OCH3 is 1. The van der Waals surface area contributed by atoms with Gasteiger partial charge in [0, 0.05) is 11.8 Å². The van der Waals surface area contributed by atoms with Gasteiger partial charge in [-0.25, -0.2) is 4.39 Å². The van der Waals surface area contributed by atoms with Gasteiger partial charge >= 0.3 is 0 Å². The minimum Gasteiger partial charge on any atom is -0.494 e. The highest BCUT2D eigenvalue weighted by Crippen LogP contribution is 2.32. The van der Waals surface area contributed by atoms with Crippen molar-refractivity contribution in [1.82, 2.24) is 0 Å². The van der Waals surface area contributed by atoms with Crippen LogP contribution in [-0.2, 0) is 6.42 Å². The summed E-state index contributed by atoms with van der Waals surface area (Å²) in [6.45, 7) is 0. The lowest BCUT2D eigenvalue weighted by atomic mass is 9.99. The van der Waals surface area contributed by atoms with Crippen LogP contribution in [0, 0.1) is 5.82 Å². The summed E-state index contributed by atoms with van der Waals surface area (Å²) in [5, 5.41) is 3.53. The molecule has 1 aliphatic carbocycles. The van der Waals surface area contributed by atoms with Crippen molar-refractivity contribution < 1.29 is 9.13 Å². The summed E-state index contributed by atoms with van der Waals surface area (Å²) in [5.74, 6) is -0.0498. The molecule has 0 radical (unpaired) electrons. The van der Waals surface area contributed by atoms with Gasteiger partial charge in [0.2, 0.25) is 0 Å². The Balaban J connectivity index is 1.87. The molecule has 21 heavy (non-hydrogen) atoms. The molecule has 0 saturated heterocycles. The van der Waals surface area contributed by atoms with E-state index in [-0.39, 0.29) is 17.6 Å². The smallest absolute Gasteiger partial charge is 0.165 e. The second kappa shape index (κ2) is 6.17. The van der Waals surface area contributed by atoms with Gasteiger partial charge in [0.25, 0.3) is 0 Å². The quantitative estimate of drug-likeness (QED) is 0.824. The lowest BCUT2D eigenvalue weighted by Crippen LogP contribution is -2.11. The Hall–Kier alpha value is -2.03. The molecule has 1 aliphatic rings. The molecule has 0 spiro atoms. The standard InChI is InChI=1S/C18H20FNO/c1-21-18-12-14(10-11-16(18)19)20-17-9-5-3-7-13-6-2-4-8-15(13)17/h2,4,6,8,10-12,17,20H,3,5,7,9H2,1H3. The zero-order chi connectivity index (χ0) is 14.7. The molecule has 0 amide bonds. The lowest BCUT2D eigenvalue weighted by Gasteiger charge is -2.21. The summed E-state index contributed by atoms with van der Waals surface area (Å²) in [6, 6.07) is 13.8. The van der Waals surface area contributed by atoms with Crippen molar-refractivity contribution in [3.8, 4) is 5.75 Å². The molecule has 0 heterocycles. The first-order valence-electron chi connectivity index (χ1n) is 7.46. The molecule has 3 rings (SSSR count). The maximum absolute atomic E-state index is 13.5. The lowest BCUT2D eigenvalue weighted by molar-refractivity contribution is 0.386. The fourth-order valence-corrected chi connectivity index (χ4v) is 3.02. The summed E-state index contributed by atoms with van der Waals surface area (Å²) < 4.78 is 18.6. The van der Waals surface area contributed by atoms with Crippen LogP contribution in [0.15, 0.2) is 42.5 Å². The predicted octanol–water partition coefficient (Wildman–Crippen LogP) is 4.71. The van der Waals surface area contributed by atoms with Crippen molar-refractivity contribution in [1.29, 1.82) is 0 Å². The van der Waals surface area contributed by atoms with Crippen LogP contribution >= 0.6 is 0 Å². The Morgan fingerprint density at radius 2 is 2.00 bits per heavy atom. The Morgan fingerprint density at radius 1 is 1.14 bits per heavy atom. The summed E-state index contributed by atoms with van der Waals surface area (Å²) >= 11 is 0. The number of halogens is 1. The third-order valence-corrected chi connectivity index (χ3v) is 4.11. The Bertz CT molecular complexity index is 626. The monoisotopic (exact) mass is 285 g/mol. The third kappa shape index (κ3) is 3.02. The van der Waals surface area contributed by atoms with Crippen molar-refractivity contribution >= 4 is 5.69 Å². The van der Waals surface area contributed by atoms with Crippen LogP contribution < -0.4 is 10.1 Å². The zero-order valence-corrected chi connectivity index (χ0v) is 12.2. The van der Waals surface area contributed by atoms with Crippen molar-refractivity contribution in [2.75, 3.05) is 12.4 Å². The molecule has 0 bridgehead atoms. The Morgan fingerprint density at radius 3 is 2.86 bits per heavy atom. The Labute approximate surface area is 125 Å². The zero-order valence-electron chi connectivity index (χ0n) is 12.2. The van der Waals surface area contributed by atoms with E-state index >= 15 is 0 Å². The summed E-state index contributed by atoms with van der Waals surface area (Å²) in [4.78, 5) is 0. The fraction of sp³-hybridized carbons (Fsp3) is 0.333. The van der Waals surface area contributed by atoms with Gasteiger partial charge in [-0.3, -0.25) is 0 Å². The topological polar surface area (TPSA) is 21.3 Å². The van der Waals surface area contributed by atoms with Gasteiger partial charge in [-0.15, -0.1) is 0 Å². The number of anilines is 1. The molecular weight excluding hydrogens is 265 g/mol. The normalized spacial score (nSPS) is 17.7. The molecule has 0 saturated carbocycles. The number of ether oxygens (including phenoxy) is 1. The molecule has 0 fully saturated rings. The molecule has 2 aromatic carbocycles. The average Bonchev–Trinajstić information content (AvgIpc) is 2.72. The van der Waals surface area contributed by atoms with Gasteiger partial charge in [0.15, 0.2) is 11.6 Å². The number of hydrogen-bond donors (Lipinski definition) is 1. The largest absolute Gasteiger partial charge is 0.494 e. The number of aryl methyl sites for hydroxylation is 1. The van der Waals surface area contributed by atoms with E-state index in [2.05, 4.69) is 29.6 Å². The number of nitrogens with one attached hydrogen (secondary N) is 1. The highest BCUT2D eigenvalue weighted by atomic mass is 19.1. The maximum atomic E-state index is 13.5.